The third-order valence-corrected chi connectivity index (χ3v) is 7.27. The number of benzene rings is 1. The number of halogens is 3. The number of hydrogen-bond donors (Lipinski definition) is 1. The number of alkyl halides is 3. The fourth-order valence-electron chi connectivity index (χ4n) is 5.38. The Labute approximate surface area is 209 Å². The lowest BCUT2D eigenvalue weighted by molar-refractivity contribution is -0.191. The van der Waals surface area contributed by atoms with Crippen molar-refractivity contribution in [2.24, 2.45) is 5.41 Å². The van der Waals surface area contributed by atoms with Crippen LogP contribution in [0.25, 0.3) is 0 Å². The van der Waals surface area contributed by atoms with Crippen molar-refractivity contribution >= 4 is 17.6 Å². The zero-order valence-corrected chi connectivity index (χ0v) is 21.3. The number of ketones is 1. The van der Waals surface area contributed by atoms with Crippen LogP contribution in [-0.4, -0.2) is 53.5 Å². The molecule has 1 saturated heterocycles. The maximum absolute atomic E-state index is 14.9. The standard InChI is InChI=1S/C27H33F3N2O4/c1-24(2,3)17-10-8-16(9-11-17)22(34)31-26(27(28,29)30)21-19(13-25(4,5)14-20(21)33)32(23(26)35)15-18-7-6-12-36-18/h8-11,18H,6-7,12-15H2,1-5H3,(H,31,34)/t18-,26+/m1/s1. The first kappa shape index (κ1) is 26.4. The van der Waals surface area contributed by atoms with Gasteiger partial charge in [-0.15, -0.1) is 0 Å². The van der Waals surface area contributed by atoms with Crippen LogP contribution in [0.1, 0.15) is 76.2 Å². The lowest BCUT2D eigenvalue weighted by Crippen LogP contribution is -2.66. The van der Waals surface area contributed by atoms with E-state index >= 15 is 0 Å². The van der Waals surface area contributed by atoms with Gasteiger partial charge in [-0.3, -0.25) is 14.4 Å². The fourth-order valence-corrected chi connectivity index (χ4v) is 5.38. The molecule has 2 heterocycles. The summed E-state index contributed by atoms with van der Waals surface area (Å²) in [6, 6.07) is 6.22. The first-order valence-corrected chi connectivity index (χ1v) is 12.3. The molecule has 2 amide bonds. The largest absolute Gasteiger partial charge is 0.425 e. The predicted molar refractivity (Wildman–Crippen MR) is 127 cm³/mol. The average molecular weight is 507 g/mol. The van der Waals surface area contributed by atoms with E-state index in [2.05, 4.69) is 0 Å². The molecule has 1 aliphatic carbocycles. The van der Waals surface area contributed by atoms with Crippen molar-refractivity contribution in [1.29, 1.82) is 0 Å². The summed E-state index contributed by atoms with van der Waals surface area (Å²) in [5.74, 6) is -3.18. The molecule has 4 rings (SSSR count). The molecule has 0 saturated carbocycles. The van der Waals surface area contributed by atoms with Crippen LogP contribution >= 0.6 is 0 Å². The topological polar surface area (TPSA) is 75.7 Å². The Hall–Kier alpha value is -2.68. The highest BCUT2D eigenvalue weighted by Gasteiger charge is 2.71. The molecule has 0 spiro atoms. The Kier molecular flexibility index (Phi) is 6.39. The van der Waals surface area contributed by atoms with Gasteiger partial charge >= 0.3 is 6.18 Å². The van der Waals surface area contributed by atoms with E-state index in [0.717, 1.165) is 16.9 Å². The van der Waals surface area contributed by atoms with Crippen LogP contribution in [0.3, 0.4) is 0 Å². The van der Waals surface area contributed by atoms with Gasteiger partial charge in [0.1, 0.15) is 0 Å². The maximum atomic E-state index is 14.9. The maximum Gasteiger partial charge on any atom is 0.425 e. The highest BCUT2D eigenvalue weighted by atomic mass is 19.4. The molecule has 2 aliphatic heterocycles. The molecule has 1 aromatic rings. The molecule has 0 aromatic heterocycles. The van der Waals surface area contributed by atoms with E-state index in [-0.39, 0.29) is 36.1 Å². The van der Waals surface area contributed by atoms with Crippen molar-refractivity contribution in [3.8, 4) is 0 Å². The van der Waals surface area contributed by atoms with Gasteiger partial charge in [-0.1, -0.05) is 46.8 Å². The molecule has 1 N–H and O–H groups in total. The minimum atomic E-state index is -5.23. The summed E-state index contributed by atoms with van der Waals surface area (Å²) < 4.78 is 50.3. The van der Waals surface area contributed by atoms with Gasteiger partial charge in [-0.05, 0) is 47.8 Å². The van der Waals surface area contributed by atoms with E-state index < -0.39 is 46.4 Å². The summed E-state index contributed by atoms with van der Waals surface area (Å²) in [4.78, 5) is 41.1. The third-order valence-electron chi connectivity index (χ3n) is 7.27. The second-order valence-corrected chi connectivity index (χ2v) is 11.8. The molecule has 0 radical (unpaired) electrons. The Morgan fingerprint density at radius 2 is 1.75 bits per heavy atom. The third kappa shape index (κ3) is 4.46. The molecule has 1 fully saturated rings. The Balaban J connectivity index is 1.79. The minimum absolute atomic E-state index is 0.0252. The summed E-state index contributed by atoms with van der Waals surface area (Å²) >= 11 is 0. The Bertz CT molecular complexity index is 1110. The van der Waals surface area contributed by atoms with Crippen molar-refractivity contribution in [3.63, 3.8) is 0 Å². The van der Waals surface area contributed by atoms with E-state index in [9.17, 15) is 27.6 Å². The number of ether oxygens (including phenoxy) is 1. The number of nitrogens with zero attached hydrogens (tertiary/aromatic N) is 1. The van der Waals surface area contributed by atoms with Crippen LogP contribution in [0.4, 0.5) is 13.2 Å². The second-order valence-electron chi connectivity index (χ2n) is 11.8. The number of amides is 2. The molecule has 9 heteroatoms. The van der Waals surface area contributed by atoms with Crippen LogP contribution in [0.15, 0.2) is 35.5 Å². The molecule has 2 atom stereocenters. The quantitative estimate of drug-likeness (QED) is 0.644. The number of hydrogen-bond acceptors (Lipinski definition) is 4. The second kappa shape index (κ2) is 8.71. The Morgan fingerprint density at radius 3 is 2.28 bits per heavy atom. The monoisotopic (exact) mass is 506 g/mol. The normalized spacial score (nSPS) is 26.4. The van der Waals surface area contributed by atoms with E-state index in [1.54, 1.807) is 26.0 Å². The van der Waals surface area contributed by atoms with Crippen LogP contribution < -0.4 is 5.32 Å². The predicted octanol–water partition coefficient (Wildman–Crippen LogP) is 4.68. The van der Waals surface area contributed by atoms with Gasteiger partial charge in [-0.25, -0.2) is 0 Å². The van der Waals surface area contributed by atoms with Gasteiger partial charge in [0.15, 0.2) is 5.78 Å². The van der Waals surface area contributed by atoms with E-state index in [0.29, 0.717) is 13.0 Å². The molecule has 1 aromatic carbocycles. The number of Topliss-reactive ketones (excluding diaryl/α,β-unsaturated/α-hetero) is 1. The van der Waals surface area contributed by atoms with E-state index in [1.807, 2.05) is 26.1 Å². The molecule has 0 unspecified atom stereocenters. The lowest BCUT2D eigenvalue weighted by Gasteiger charge is -2.35. The van der Waals surface area contributed by atoms with Crippen LogP contribution in [0.5, 0.6) is 0 Å². The van der Waals surface area contributed by atoms with E-state index in [4.69, 9.17) is 4.74 Å². The Morgan fingerprint density at radius 1 is 1.11 bits per heavy atom. The van der Waals surface area contributed by atoms with Crippen LogP contribution in [0.2, 0.25) is 0 Å². The molecule has 196 valence electrons. The van der Waals surface area contributed by atoms with Gasteiger partial charge in [0.2, 0.25) is 5.54 Å². The SMILES string of the molecule is CC1(C)CC(=O)C2=C(C1)N(C[C@H]1CCCO1)C(=O)[C@]2(NC(=O)c1ccc(C(C)(C)C)cc1)C(F)(F)F. The van der Waals surface area contributed by atoms with Gasteiger partial charge in [0, 0.05) is 24.3 Å². The molecular weight excluding hydrogens is 473 g/mol. The number of carbonyl (C=O) groups is 3. The zero-order chi connectivity index (χ0) is 26.7. The summed E-state index contributed by atoms with van der Waals surface area (Å²) in [5, 5.41) is 1.99. The first-order chi connectivity index (χ1) is 16.6. The van der Waals surface area contributed by atoms with Crippen molar-refractivity contribution in [1.82, 2.24) is 10.2 Å². The molecule has 6 nitrogen and oxygen atoms in total. The minimum Gasteiger partial charge on any atom is -0.376 e. The van der Waals surface area contributed by atoms with Crippen molar-refractivity contribution in [2.75, 3.05) is 13.2 Å². The highest BCUT2D eigenvalue weighted by Crippen LogP contribution is 2.52. The lowest BCUT2D eigenvalue weighted by atomic mass is 9.72. The van der Waals surface area contributed by atoms with Crippen LogP contribution in [-0.2, 0) is 19.7 Å². The van der Waals surface area contributed by atoms with Crippen molar-refractivity contribution in [2.45, 2.75) is 83.5 Å². The summed E-state index contributed by atoms with van der Waals surface area (Å²) in [7, 11) is 0. The number of allylic oxidation sites excluding steroid dienone is 1. The summed E-state index contributed by atoms with van der Waals surface area (Å²) in [6.45, 7) is 9.88. The smallest absolute Gasteiger partial charge is 0.376 e. The van der Waals surface area contributed by atoms with Gasteiger partial charge < -0.3 is 15.0 Å². The van der Waals surface area contributed by atoms with Gasteiger partial charge in [0.05, 0.1) is 18.2 Å². The zero-order valence-electron chi connectivity index (χ0n) is 21.3. The fraction of sp³-hybridized carbons (Fsp3) is 0.593. The molecule has 0 bridgehead atoms. The average Bonchev–Trinajstić information content (AvgIpc) is 3.33. The summed E-state index contributed by atoms with van der Waals surface area (Å²) in [5.41, 5.74) is -4.02. The van der Waals surface area contributed by atoms with Gasteiger partial charge in [0.25, 0.3) is 11.8 Å². The van der Waals surface area contributed by atoms with Crippen molar-refractivity contribution < 1.29 is 32.3 Å². The molecule has 3 aliphatic rings. The molecular formula is C27H33F3N2O4. The van der Waals surface area contributed by atoms with E-state index in [1.165, 1.54) is 12.1 Å². The first-order valence-electron chi connectivity index (χ1n) is 12.3. The van der Waals surface area contributed by atoms with Gasteiger partial charge in [-0.2, -0.15) is 13.2 Å². The van der Waals surface area contributed by atoms with Crippen LogP contribution in [0, 0.1) is 5.41 Å². The highest BCUT2D eigenvalue weighted by molar-refractivity contribution is 6.14. The molecule has 36 heavy (non-hydrogen) atoms. The number of rotatable bonds is 4. The summed E-state index contributed by atoms with van der Waals surface area (Å²) in [6.07, 6.45) is -4.34. The van der Waals surface area contributed by atoms with Crippen molar-refractivity contribution in [3.05, 3.63) is 46.7 Å². The number of carbonyl (C=O) groups excluding carboxylic acids is 3. The number of nitrogens with one attached hydrogen (secondary N) is 1.